The molecule has 24 heavy (non-hydrogen) atoms. The van der Waals surface area contributed by atoms with Crippen molar-refractivity contribution in [1.82, 2.24) is 4.90 Å². The second-order valence-corrected chi connectivity index (χ2v) is 6.94. The van der Waals surface area contributed by atoms with E-state index >= 15 is 0 Å². The number of benzene rings is 1. The molecule has 1 aliphatic heterocycles. The van der Waals surface area contributed by atoms with Gasteiger partial charge in [0.05, 0.1) is 0 Å². The second-order valence-electron chi connectivity index (χ2n) is 6.94. The fourth-order valence-electron chi connectivity index (χ4n) is 3.11. The van der Waals surface area contributed by atoms with Gasteiger partial charge in [-0.1, -0.05) is 12.1 Å². The van der Waals surface area contributed by atoms with E-state index < -0.39 is 11.5 Å². The fourth-order valence-corrected chi connectivity index (χ4v) is 3.11. The molecule has 0 spiro atoms. The summed E-state index contributed by atoms with van der Waals surface area (Å²) in [4.78, 5) is 35.5. The molecule has 0 radical (unpaired) electrons. The SMILES string of the molecule is CC(=O)N1CC[C@H](c2cc(C)c(OC(C)(C)C(=O)N=O)c(C)c2)C1. The summed E-state index contributed by atoms with van der Waals surface area (Å²) in [6.45, 7) is 10.00. The maximum Gasteiger partial charge on any atom is 0.328 e. The molecule has 0 aromatic heterocycles. The minimum atomic E-state index is -1.29. The van der Waals surface area contributed by atoms with Crippen molar-refractivity contribution >= 4 is 11.8 Å². The van der Waals surface area contributed by atoms with Crippen LogP contribution in [0.3, 0.4) is 0 Å². The van der Waals surface area contributed by atoms with E-state index in [1.165, 1.54) is 19.4 Å². The first-order chi connectivity index (χ1) is 11.2. The van der Waals surface area contributed by atoms with Crippen molar-refractivity contribution in [3.8, 4) is 5.75 Å². The quantitative estimate of drug-likeness (QED) is 0.794. The molecule has 0 N–H and O–H groups in total. The number of carbonyl (C=O) groups excluding carboxylic acids is 2. The van der Waals surface area contributed by atoms with Gasteiger partial charge in [-0.2, -0.15) is 0 Å². The Balaban J connectivity index is 2.25. The Kier molecular flexibility index (Phi) is 5.06. The van der Waals surface area contributed by atoms with E-state index in [9.17, 15) is 14.5 Å². The lowest BCUT2D eigenvalue weighted by Crippen LogP contribution is -2.37. The van der Waals surface area contributed by atoms with Crippen LogP contribution in [0, 0.1) is 18.8 Å². The van der Waals surface area contributed by atoms with Gasteiger partial charge in [0.25, 0.3) is 0 Å². The summed E-state index contributed by atoms with van der Waals surface area (Å²) >= 11 is 0. The summed E-state index contributed by atoms with van der Waals surface area (Å²) in [5.74, 6) is 0.180. The van der Waals surface area contributed by atoms with Gasteiger partial charge < -0.3 is 9.64 Å². The molecule has 0 unspecified atom stereocenters. The average molecular weight is 332 g/mol. The Hall–Kier alpha value is -2.24. The Labute approximate surface area is 142 Å². The molecule has 1 fully saturated rings. The van der Waals surface area contributed by atoms with Crippen molar-refractivity contribution in [3.05, 3.63) is 33.7 Å². The zero-order valence-corrected chi connectivity index (χ0v) is 14.9. The zero-order chi connectivity index (χ0) is 18.1. The third kappa shape index (κ3) is 3.63. The molecule has 1 saturated heterocycles. The highest BCUT2D eigenvalue weighted by molar-refractivity contribution is 5.85. The molecule has 1 aliphatic rings. The monoisotopic (exact) mass is 332 g/mol. The van der Waals surface area contributed by atoms with E-state index in [1.807, 2.05) is 30.9 Å². The summed E-state index contributed by atoms with van der Waals surface area (Å²) in [6, 6.07) is 4.07. The van der Waals surface area contributed by atoms with Crippen molar-refractivity contribution in [2.24, 2.45) is 5.18 Å². The standard InChI is InChI=1S/C18H24N2O4/c1-11-8-15(14-6-7-20(10-14)13(3)21)9-12(2)16(11)24-18(4,5)17(22)19-23/h8-9,14H,6-7,10H2,1-5H3/t14-/m0/s1. The van der Waals surface area contributed by atoms with E-state index in [1.54, 1.807) is 6.92 Å². The summed E-state index contributed by atoms with van der Waals surface area (Å²) in [5, 5.41) is 2.47. The van der Waals surface area contributed by atoms with E-state index in [2.05, 4.69) is 5.18 Å². The maximum atomic E-state index is 11.6. The number of amides is 2. The van der Waals surface area contributed by atoms with Crippen LogP contribution in [-0.4, -0.2) is 35.4 Å². The topological polar surface area (TPSA) is 76.0 Å². The van der Waals surface area contributed by atoms with Crippen LogP contribution in [0.1, 0.15) is 49.8 Å². The first kappa shape index (κ1) is 18.1. The van der Waals surface area contributed by atoms with Gasteiger partial charge in [-0.05, 0) is 50.8 Å². The normalized spacial score (nSPS) is 17.7. The molecule has 130 valence electrons. The van der Waals surface area contributed by atoms with E-state index in [-0.39, 0.29) is 5.91 Å². The molecule has 1 aromatic rings. The zero-order valence-electron chi connectivity index (χ0n) is 14.9. The van der Waals surface area contributed by atoms with Crippen LogP contribution < -0.4 is 4.74 Å². The van der Waals surface area contributed by atoms with Gasteiger partial charge in [0.2, 0.25) is 5.91 Å². The molecule has 2 rings (SSSR count). The number of ether oxygens (including phenoxy) is 1. The third-order valence-corrected chi connectivity index (χ3v) is 4.54. The molecule has 0 bridgehead atoms. The van der Waals surface area contributed by atoms with Gasteiger partial charge in [0.15, 0.2) is 5.60 Å². The van der Waals surface area contributed by atoms with Gasteiger partial charge in [0.1, 0.15) is 5.75 Å². The Morgan fingerprint density at radius 1 is 1.25 bits per heavy atom. The number of nitrogens with zero attached hydrogens (tertiary/aromatic N) is 2. The average Bonchev–Trinajstić information content (AvgIpc) is 3.00. The highest BCUT2D eigenvalue weighted by Crippen LogP contribution is 2.34. The molecule has 0 aliphatic carbocycles. The van der Waals surface area contributed by atoms with Crippen LogP contribution >= 0.6 is 0 Å². The summed E-state index contributed by atoms with van der Waals surface area (Å²) < 4.78 is 5.79. The molecule has 1 atom stereocenters. The van der Waals surface area contributed by atoms with Gasteiger partial charge in [0, 0.05) is 31.1 Å². The minimum absolute atomic E-state index is 0.104. The molecule has 0 saturated carbocycles. The number of nitroso groups, excluding NO2 is 1. The largest absolute Gasteiger partial charge is 0.477 e. The van der Waals surface area contributed by atoms with Crippen LogP contribution in [0.5, 0.6) is 5.75 Å². The van der Waals surface area contributed by atoms with Gasteiger partial charge in [-0.15, -0.1) is 4.91 Å². The molecule has 2 amide bonds. The predicted octanol–water partition coefficient (Wildman–Crippen LogP) is 3.09. The highest BCUT2D eigenvalue weighted by Gasteiger charge is 2.32. The van der Waals surface area contributed by atoms with Crippen molar-refractivity contribution in [1.29, 1.82) is 0 Å². The first-order valence-corrected chi connectivity index (χ1v) is 8.09. The molecular weight excluding hydrogens is 308 g/mol. The highest BCUT2D eigenvalue weighted by atomic mass is 16.5. The van der Waals surface area contributed by atoms with E-state index in [0.717, 1.165) is 30.6 Å². The fraction of sp³-hybridized carbons (Fsp3) is 0.556. The molecule has 1 heterocycles. The molecule has 6 nitrogen and oxygen atoms in total. The number of likely N-dealkylation sites (tertiary alicyclic amines) is 1. The number of rotatable bonds is 4. The Morgan fingerprint density at radius 3 is 2.29 bits per heavy atom. The van der Waals surface area contributed by atoms with Crippen molar-refractivity contribution in [3.63, 3.8) is 0 Å². The Bertz CT molecular complexity index is 659. The molecule has 6 heteroatoms. The van der Waals surface area contributed by atoms with Crippen LogP contribution in [-0.2, 0) is 9.59 Å². The van der Waals surface area contributed by atoms with Crippen molar-refractivity contribution in [2.45, 2.75) is 52.6 Å². The molecular formula is C18H24N2O4. The van der Waals surface area contributed by atoms with Crippen molar-refractivity contribution in [2.75, 3.05) is 13.1 Å². The number of hydrogen-bond acceptors (Lipinski definition) is 4. The van der Waals surface area contributed by atoms with E-state index in [0.29, 0.717) is 11.7 Å². The summed E-state index contributed by atoms with van der Waals surface area (Å²) in [6.07, 6.45) is 0.942. The lowest BCUT2D eigenvalue weighted by Gasteiger charge is -2.25. The maximum absolute atomic E-state index is 11.6. The van der Waals surface area contributed by atoms with Crippen LogP contribution in [0.2, 0.25) is 0 Å². The van der Waals surface area contributed by atoms with Gasteiger partial charge >= 0.3 is 5.91 Å². The summed E-state index contributed by atoms with van der Waals surface area (Å²) in [7, 11) is 0. The Morgan fingerprint density at radius 2 is 1.83 bits per heavy atom. The van der Waals surface area contributed by atoms with E-state index in [4.69, 9.17) is 4.74 Å². The second kappa shape index (κ2) is 6.71. The summed E-state index contributed by atoms with van der Waals surface area (Å²) in [5.41, 5.74) is 1.67. The number of carbonyl (C=O) groups is 2. The van der Waals surface area contributed by atoms with Crippen LogP contribution in [0.4, 0.5) is 0 Å². The minimum Gasteiger partial charge on any atom is -0.477 e. The molecule has 1 aromatic carbocycles. The van der Waals surface area contributed by atoms with Crippen LogP contribution in [0.25, 0.3) is 0 Å². The van der Waals surface area contributed by atoms with Gasteiger partial charge in [-0.25, -0.2) is 0 Å². The lowest BCUT2D eigenvalue weighted by molar-refractivity contribution is -0.130. The predicted molar refractivity (Wildman–Crippen MR) is 91.0 cm³/mol. The van der Waals surface area contributed by atoms with Crippen molar-refractivity contribution < 1.29 is 14.3 Å². The lowest BCUT2D eigenvalue weighted by atomic mass is 9.94. The van der Waals surface area contributed by atoms with Gasteiger partial charge in [-0.3, -0.25) is 9.59 Å². The first-order valence-electron chi connectivity index (χ1n) is 8.09. The number of aryl methyl sites for hydroxylation is 2. The number of hydrogen-bond donors (Lipinski definition) is 0. The van der Waals surface area contributed by atoms with Crippen LogP contribution in [0.15, 0.2) is 17.3 Å². The smallest absolute Gasteiger partial charge is 0.328 e. The third-order valence-electron chi connectivity index (χ3n) is 4.54.